The van der Waals surface area contributed by atoms with Crippen molar-refractivity contribution in [2.45, 2.75) is 25.1 Å². The Morgan fingerprint density at radius 1 is 0.921 bits per heavy atom. The van der Waals surface area contributed by atoms with E-state index < -0.39 is 17.8 Å². The molecule has 3 aromatic carbocycles. The van der Waals surface area contributed by atoms with Gasteiger partial charge in [-0.05, 0) is 86.2 Å². The molecule has 38 heavy (non-hydrogen) atoms. The van der Waals surface area contributed by atoms with Crippen LogP contribution in [0.4, 0.5) is 30.2 Å². The number of anilines is 2. The van der Waals surface area contributed by atoms with Crippen molar-refractivity contribution in [1.82, 2.24) is 4.90 Å². The molecule has 6 nitrogen and oxygen atoms in total. The molecule has 1 unspecified atom stereocenters. The number of benzene rings is 3. The molecule has 0 aromatic heterocycles. The van der Waals surface area contributed by atoms with Gasteiger partial charge in [0.1, 0.15) is 6.04 Å². The number of para-hydroxylation sites is 2. The van der Waals surface area contributed by atoms with E-state index in [9.17, 15) is 22.8 Å². The lowest BCUT2D eigenvalue weighted by molar-refractivity contribution is -0.137. The summed E-state index contributed by atoms with van der Waals surface area (Å²) in [5, 5.41) is 5.52. The third kappa shape index (κ3) is 6.74. The summed E-state index contributed by atoms with van der Waals surface area (Å²) in [7, 11) is 0. The van der Waals surface area contributed by atoms with E-state index in [0.29, 0.717) is 17.1 Å². The van der Waals surface area contributed by atoms with Crippen molar-refractivity contribution >= 4 is 41.7 Å². The van der Waals surface area contributed by atoms with Gasteiger partial charge in [0.2, 0.25) is 11.8 Å². The highest BCUT2D eigenvalue weighted by atomic mass is 19.4. The number of carbonyl (C=O) groups is 2. The van der Waals surface area contributed by atoms with Crippen molar-refractivity contribution < 1.29 is 22.8 Å². The van der Waals surface area contributed by atoms with Crippen molar-refractivity contribution in [3.05, 3.63) is 95.6 Å². The average molecular weight is 521 g/mol. The Hall–Kier alpha value is -4.24. The molecule has 196 valence electrons. The fourth-order valence-corrected chi connectivity index (χ4v) is 4.33. The quantitative estimate of drug-likeness (QED) is 0.264. The summed E-state index contributed by atoms with van der Waals surface area (Å²) in [6.07, 6.45) is 0.556. The van der Waals surface area contributed by atoms with Crippen LogP contribution in [0.3, 0.4) is 0 Å². The minimum atomic E-state index is -4.44. The Kier molecular flexibility index (Phi) is 8.38. The molecule has 1 saturated heterocycles. The second-order valence-electron chi connectivity index (χ2n) is 8.87. The molecular formula is C29H27F3N4O2. The van der Waals surface area contributed by atoms with Crippen LogP contribution in [-0.4, -0.2) is 36.5 Å². The van der Waals surface area contributed by atoms with Gasteiger partial charge >= 0.3 is 6.18 Å². The van der Waals surface area contributed by atoms with Gasteiger partial charge in [-0.2, -0.15) is 13.2 Å². The van der Waals surface area contributed by atoms with Crippen molar-refractivity contribution in [3.8, 4) is 0 Å². The maximum Gasteiger partial charge on any atom is 0.416 e. The normalized spacial score (nSPS) is 14.8. The molecule has 4 rings (SSSR count). The highest BCUT2D eigenvalue weighted by molar-refractivity contribution is 6.03. The van der Waals surface area contributed by atoms with E-state index in [1.54, 1.807) is 30.3 Å². The van der Waals surface area contributed by atoms with E-state index in [4.69, 9.17) is 0 Å². The van der Waals surface area contributed by atoms with Crippen LogP contribution in [0.25, 0.3) is 6.08 Å². The van der Waals surface area contributed by atoms with E-state index >= 15 is 0 Å². The zero-order valence-corrected chi connectivity index (χ0v) is 20.5. The van der Waals surface area contributed by atoms with Crippen molar-refractivity contribution in [2.75, 3.05) is 23.7 Å². The second-order valence-corrected chi connectivity index (χ2v) is 8.87. The summed E-state index contributed by atoms with van der Waals surface area (Å²) in [4.78, 5) is 31.6. The number of likely N-dealkylation sites (tertiary alicyclic amines) is 1. The minimum Gasteiger partial charge on any atom is -0.324 e. The van der Waals surface area contributed by atoms with Gasteiger partial charge in [-0.3, -0.25) is 19.5 Å². The Bertz CT molecular complexity index is 1310. The molecule has 0 aliphatic carbocycles. The van der Waals surface area contributed by atoms with Gasteiger partial charge in [0.25, 0.3) is 0 Å². The summed E-state index contributed by atoms with van der Waals surface area (Å²) < 4.78 is 38.6. The maximum absolute atomic E-state index is 13.3. The third-order valence-electron chi connectivity index (χ3n) is 6.25. The first-order chi connectivity index (χ1) is 18.2. The van der Waals surface area contributed by atoms with Crippen LogP contribution in [0.1, 0.15) is 35.6 Å². The van der Waals surface area contributed by atoms with Crippen molar-refractivity contribution in [2.24, 2.45) is 4.99 Å². The number of hydrogen-bond acceptors (Lipinski definition) is 4. The van der Waals surface area contributed by atoms with Crippen molar-refractivity contribution in [1.29, 1.82) is 0 Å². The number of amides is 2. The Morgan fingerprint density at radius 3 is 2.21 bits per heavy atom. The smallest absolute Gasteiger partial charge is 0.324 e. The van der Waals surface area contributed by atoms with Crippen LogP contribution in [0.15, 0.2) is 83.9 Å². The second kappa shape index (κ2) is 11.9. The standard InChI is InChI=1S/C29H27F3N4O2/c1-33-24-6-2-3-7-25(24)35-26(37)17-10-20-8-11-21(12-9-20)27(36-18-4-5-19-36)28(38)34-23-15-13-22(14-16-23)29(30,31)32/h2-3,6-17,27H,1,4-5,18-19H2,(H,34,38)(H,35,37)/b17-10+. The molecule has 1 heterocycles. The van der Waals surface area contributed by atoms with Gasteiger partial charge < -0.3 is 10.6 Å². The van der Waals surface area contributed by atoms with E-state index in [-0.39, 0.29) is 11.8 Å². The van der Waals surface area contributed by atoms with Crippen LogP contribution in [0.2, 0.25) is 0 Å². The molecule has 1 fully saturated rings. The molecule has 2 amide bonds. The van der Waals surface area contributed by atoms with E-state index in [1.807, 2.05) is 24.3 Å². The molecule has 3 aromatic rings. The Morgan fingerprint density at radius 2 is 1.58 bits per heavy atom. The van der Waals surface area contributed by atoms with E-state index in [0.717, 1.165) is 49.2 Å². The first kappa shape index (κ1) is 26.8. The Balaban J connectivity index is 1.45. The lowest BCUT2D eigenvalue weighted by atomic mass is 10.0. The molecule has 9 heteroatoms. The van der Waals surface area contributed by atoms with Gasteiger partial charge in [-0.15, -0.1) is 0 Å². The Labute approximate surface area is 218 Å². The monoisotopic (exact) mass is 520 g/mol. The molecule has 0 spiro atoms. The molecule has 0 bridgehead atoms. The van der Waals surface area contributed by atoms with Crippen LogP contribution >= 0.6 is 0 Å². The van der Waals surface area contributed by atoms with Crippen LogP contribution in [0.5, 0.6) is 0 Å². The average Bonchev–Trinajstić information content (AvgIpc) is 3.43. The number of hydrogen-bond donors (Lipinski definition) is 2. The number of alkyl halides is 3. The minimum absolute atomic E-state index is 0.297. The van der Waals surface area contributed by atoms with Crippen LogP contribution in [-0.2, 0) is 15.8 Å². The number of aliphatic imine (C=N–C) groups is 1. The summed E-state index contributed by atoms with van der Waals surface area (Å²) >= 11 is 0. The molecule has 0 saturated carbocycles. The third-order valence-corrected chi connectivity index (χ3v) is 6.25. The van der Waals surface area contributed by atoms with Gasteiger partial charge in [0.05, 0.1) is 16.9 Å². The fourth-order valence-electron chi connectivity index (χ4n) is 4.33. The number of halogens is 3. The molecule has 1 aliphatic rings. The van der Waals surface area contributed by atoms with Gasteiger partial charge in [-0.1, -0.05) is 36.4 Å². The zero-order valence-electron chi connectivity index (χ0n) is 20.5. The number of nitrogens with zero attached hydrogens (tertiary/aromatic N) is 2. The topological polar surface area (TPSA) is 73.8 Å². The molecule has 1 aliphatic heterocycles. The van der Waals surface area contributed by atoms with Crippen molar-refractivity contribution in [3.63, 3.8) is 0 Å². The fraction of sp³-hybridized carbons (Fsp3) is 0.207. The van der Waals surface area contributed by atoms with Gasteiger partial charge in [0, 0.05) is 11.8 Å². The SMILES string of the molecule is C=Nc1ccccc1NC(=O)/C=C/c1ccc(C(C(=O)Nc2ccc(C(F)(F)F)cc2)N2CCCC2)cc1. The summed E-state index contributed by atoms with van der Waals surface area (Å²) in [5.74, 6) is -0.639. The molecule has 0 radical (unpaired) electrons. The highest BCUT2D eigenvalue weighted by Crippen LogP contribution is 2.31. The number of carbonyl (C=O) groups excluding carboxylic acids is 2. The van der Waals surface area contributed by atoms with Gasteiger partial charge in [0.15, 0.2) is 0 Å². The zero-order chi connectivity index (χ0) is 27.1. The summed E-state index contributed by atoms with van der Waals surface area (Å²) in [6.45, 7) is 4.99. The maximum atomic E-state index is 13.3. The highest BCUT2D eigenvalue weighted by Gasteiger charge is 2.31. The van der Waals surface area contributed by atoms with Crippen LogP contribution < -0.4 is 10.6 Å². The largest absolute Gasteiger partial charge is 0.416 e. The number of rotatable bonds is 8. The summed E-state index contributed by atoms with van der Waals surface area (Å²) in [5.41, 5.74) is 2.17. The van der Waals surface area contributed by atoms with Crippen LogP contribution in [0, 0.1) is 0 Å². The first-order valence-electron chi connectivity index (χ1n) is 12.1. The summed E-state index contributed by atoms with van der Waals surface area (Å²) in [6, 6.07) is 18.2. The van der Waals surface area contributed by atoms with Gasteiger partial charge in [-0.25, -0.2) is 0 Å². The first-order valence-corrected chi connectivity index (χ1v) is 12.1. The lowest BCUT2D eigenvalue weighted by Crippen LogP contribution is -2.35. The number of nitrogens with one attached hydrogen (secondary N) is 2. The molecular weight excluding hydrogens is 493 g/mol. The molecule has 1 atom stereocenters. The lowest BCUT2D eigenvalue weighted by Gasteiger charge is -2.27. The predicted molar refractivity (Wildman–Crippen MR) is 143 cm³/mol. The van der Waals surface area contributed by atoms with E-state index in [2.05, 4.69) is 27.2 Å². The predicted octanol–water partition coefficient (Wildman–Crippen LogP) is 6.47. The van der Waals surface area contributed by atoms with E-state index in [1.165, 1.54) is 18.2 Å². The molecule has 2 N–H and O–H groups in total.